The molecule has 21 heavy (non-hydrogen) atoms. The number of halogens is 3. The summed E-state index contributed by atoms with van der Waals surface area (Å²) in [4.78, 5) is 8.86. The van der Waals surface area contributed by atoms with Crippen molar-refractivity contribution in [2.75, 3.05) is 29.2 Å². The van der Waals surface area contributed by atoms with Crippen molar-refractivity contribution in [3.63, 3.8) is 0 Å². The van der Waals surface area contributed by atoms with Crippen LogP contribution in [0.4, 0.5) is 24.8 Å². The van der Waals surface area contributed by atoms with Crippen LogP contribution in [0.15, 0.2) is 6.07 Å². The Bertz CT molecular complexity index is 506. The number of anilines is 2. The van der Waals surface area contributed by atoms with Gasteiger partial charge in [0.05, 0.1) is 0 Å². The number of nitrogen functional groups attached to an aromatic ring is 1. The van der Waals surface area contributed by atoms with E-state index in [1.165, 1.54) is 6.07 Å². The smallest absolute Gasteiger partial charge is 0.356 e. The highest BCUT2D eigenvalue weighted by atomic mass is 32.2. The van der Waals surface area contributed by atoms with Gasteiger partial charge in [-0.15, -0.1) is 0 Å². The predicted molar refractivity (Wildman–Crippen MR) is 78.2 cm³/mol. The molecule has 0 radical (unpaired) electrons. The van der Waals surface area contributed by atoms with Crippen molar-refractivity contribution in [3.05, 3.63) is 11.9 Å². The summed E-state index contributed by atoms with van der Waals surface area (Å²) >= 11 is 1.81. The summed E-state index contributed by atoms with van der Waals surface area (Å²) in [5.41, 5.74) is 2.17. The first kappa shape index (κ1) is 16.2. The van der Waals surface area contributed by atoms with E-state index in [9.17, 15) is 13.2 Å². The van der Waals surface area contributed by atoms with Crippen LogP contribution in [0, 0.1) is 0 Å². The van der Waals surface area contributed by atoms with E-state index in [-0.39, 0.29) is 16.4 Å². The zero-order chi connectivity index (χ0) is 15.7. The average Bonchev–Trinajstić information content (AvgIpc) is 2.58. The first-order valence-corrected chi connectivity index (χ1v) is 7.52. The van der Waals surface area contributed by atoms with Gasteiger partial charge in [0, 0.05) is 29.7 Å². The van der Waals surface area contributed by atoms with Crippen molar-refractivity contribution >= 4 is 23.4 Å². The molecule has 118 valence electrons. The molecule has 9 heteroatoms. The molecule has 1 fully saturated rings. The van der Waals surface area contributed by atoms with Crippen molar-refractivity contribution in [2.24, 2.45) is 5.84 Å². The Morgan fingerprint density at radius 2 is 2.05 bits per heavy atom. The average molecular weight is 321 g/mol. The van der Waals surface area contributed by atoms with Crippen LogP contribution >= 0.6 is 11.8 Å². The van der Waals surface area contributed by atoms with Gasteiger partial charge >= 0.3 is 6.18 Å². The standard InChI is InChI=1S/C12H18F3N5S/c1-11(2)3-4-20(5-6-21-11)9-7-8(19-16)17-10(18-9)12(13,14)15/h7H,3-6,16H2,1-2H3,(H,17,18,19). The highest BCUT2D eigenvalue weighted by Gasteiger charge is 2.36. The third kappa shape index (κ3) is 4.13. The fraction of sp³-hybridized carbons (Fsp3) is 0.667. The highest BCUT2D eigenvalue weighted by molar-refractivity contribution is 8.00. The molecule has 0 amide bonds. The molecule has 3 N–H and O–H groups in total. The van der Waals surface area contributed by atoms with Crippen LogP contribution in [0.1, 0.15) is 26.1 Å². The molecular formula is C12H18F3N5S. The van der Waals surface area contributed by atoms with E-state index in [2.05, 4.69) is 29.2 Å². The van der Waals surface area contributed by atoms with E-state index in [1.54, 1.807) is 0 Å². The minimum atomic E-state index is -4.60. The zero-order valence-electron chi connectivity index (χ0n) is 11.9. The molecule has 1 saturated heterocycles. The predicted octanol–water partition coefficient (Wildman–Crippen LogP) is 2.50. The minimum absolute atomic E-state index is 0.0384. The molecule has 0 saturated carbocycles. The van der Waals surface area contributed by atoms with Crippen LogP contribution in [0.2, 0.25) is 0 Å². The van der Waals surface area contributed by atoms with Crippen molar-refractivity contribution in [3.8, 4) is 0 Å². The Morgan fingerprint density at radius 1 is 1.33 bits per heavy atom. The number of nitrogens with two attached hydrogens (primary N) is 1. The minimum Gasteiger partial charge on any atom is -0.356 e. The second-order valence-electron chi connectivity index (χ2n) is 5.42. The fourth-order valence-corrected chi connectivity index (χ4v) is 3.15. The summed E-state index contributed by atoms with van der Waals surface area (Å²) in [6.07, 6.45) is -3.73. The Labute approximate surface area is 125 Å². The lowest BCUT2D eigenvalue weighted by molar-refractivity contribution is -0.144. The SMILES string of the molecule is CC1(C)CCN(c2cc(NN)nc(C(F)(F)F)n2)CCS1. The molecular weight excluding hydrogens is 303 g/mol. The van der Waals surface area contributed by atoms with Crippen molar-refractivity contribution in [1.29, 1.82) is 0 Å². The van der Waals surface area contributed by atoms with Gasteiger partial charge in [-0.25, -0.2) is 15.8 Å². The second-order valence-corrected chi connectivity index (χ2v) is 7.22. The summed E-state index contributed by atoms with van der Waals surface area (Å²) in [7, 11) is 0. The Kier molecular flexibility index (Phi) is 4.52. The third-order valence-corrected chi connectivity index (χ3v) is 4.65. The lowest BCUT2D eigenvalue weighted by Crippen LogP contribution is -2.29. The topological polar surface area (TPSA) is 67.1 Å². The van der Waals surface area contributed by atoms with Gasteiger partial charge in [-0.3, -0.25) is 0 Å². The summed E-state index contributed by atoms with van der Waals surface area (Å²) in [5.74, 6) is 5.08. The van der Waals surface area contributed by atoms with Crippen LogP contribution < -0.4 is 16.2 Å². The third-order valence-electron chi connectivity index (χ3n) is 3.28. The molecule has 0 spiro atoms. The van der Waals surface area contributed by atoms with Crippen LogP contribution in [0.5, 0.6) is 0 Å². The number of nitrogens with one attached hydrogen (secondary N) is 1. The summed E-state index contributed by atoms with van der Waals surface area (Å²) < 4.78 is 38.6. The van der Waals surface area contributed by atoms with Gasteiger partial charge in [0.15, 0.2) is 0 Å². The Morgan fingerprint density at radius 3 is 2.67 bits per heavy atom. The Hall–Kier alpha value is -1.22. The molecule has 0 bridgehead atoms. The molecule has 0 unspecified atom stereocenters. The van der Waals surface area contributed by atoms with E-state index >= 15 is 0 Å². The molecule has 1 aliphatic rings. The quantitative estimate of drug-likeness (QED) is 0.644. The summed E-state index contributed by atoms with van der Waals surface area (Å²) in [5, 5.41) is 0. The molecule has 0 atom stereocenters. The van der Waals surface area contributed by atoms with Crippen LogP contribution in [-0.2, 0) is 6.18 Å². The molecule has 1 aromatic heterocycles. The van der Waals surface area contributed by atoms with Gasteiger partial charge in [-0.2, -0.15) is 24.9 Å². The van der Waals surface area contributed by atoms with E-state index < -0.39 is 12.0 Å². The number of thioether (sulfide) groups is 1. The van der Waals surface area contributed by atoms with Gasteiger partial charge in [0.2, 0.25) is 5.82 Å². The maximum absolute atomic E-state index is 12.8. The first-order chi connectivity index (χ1) is 9.71. The van der Waals surface area contributed by atoms with E-state index in [0.717, 1.165) is 12.2 Å². The largest absolute Gasteiger partial charge is 0.451 e. The number of aromatic nitrogens is 2. The van der Waals surface area contributed by atoms with Gasteiger partial charge in [-0.05, 0) is 6.42 Å². The van der Waals surface area contributed by atoms with Gasteiger partial charge in [0.25, 0.3) is 0 Å². The molecule has 2 rings (SSSR count). The molecule has 0 aliphatic carbocycles. The number of alkyl halides is 3. The van der Waals surface area contributed by atoms with E-state index in [1.807, 2.05) is 16.7 Å². The van der Waals surface area contributed by atoms with Gasteiger partial charge in [-0.1, -0.05) is 13.8 Å². The number of nitrogens with zero attached hydrogens (tertiary/aromatic N) is 3. The van der Waals surface area contributed by atoms with E-state index in [0.29, 0.717) is 13.1 Å². The normalized spacial score (nSPS) is 19.2. The molecule has 5 nitrogen and oxygen atoms in total. The molecule has 1 aromatic rings. The van der Waals surface area contributed by atoms with Crippen LogP contribution in [-0.4, -0.2) is 33.6 Å². The highest BCUT2D eigenvalue weighted by Crippen LogP contribution is 2.33. The molecule has 1 aliphatic heterocycles. The van der Waals surface area contributed by atoms with Crippen molar-refractivity contribution < 1.29 is 13.2 Å². The maximum Gasteiger partial charge on any atom is 0.451 e. The Balaban J connectivity index is 2.30. The first-order valence-electron chi connectivity index (χ1n) is 6.53. The lowest BCUT2D eigenvalue weighted by atomic mass is 10.1. The number of hydrogen-bond acceptors (Lipinski definition) is 6. The fourth-order valence-electron chi connectivity index (χ4n) is 2.05. The van der Waals surface area contributed by atoms with E-state index in [4.69, 9.17) is 5.84 Å². The van der Waals surface area contributed by atoms with Gasteiger partial charge in [0.1, 0.15) is 11.6 Å². The van der Waals surface area contributed by atoms with Crippen molar-refractivity contribution in [2.45, 2.75) is 31.2 Å². The summed E-state index contributed by atoms with van der Waals surface area (Å²) in [6, 6.07) is 1.44. The second kappa shape index (κ2) is 5.88. The monoisotopic (exact) mass is 321 g/mol. The van der Waals surface area contributed by atoms with Crippen LogP contribution in [0.25, 0.3) is 0 Å². The van der Waals surface area contributed by atoms with Crippen LogP contribution in [0.3, 0.4) is 0 Å². The number of hydrogen-bond donors (Lipinski definition) is 2. The van der Waals surface area contributed by atoms with Crippen molar-refractivity contribution in [1.82, 2.24) is 9.97 Å². The maximum atomic E-state index is 12.8. The molecule has 2 heterocycles. The number of rotatable bonds is 2. The molecule has 0 aromatic carbocycles. The zero-order valence-corrected chi connectivity index (χ0v) is 12.7. The lowest BCUT2D eigenvalue weighted by Gasteiger charge is -2.24. The summed E-state index contributed by atoms with van der Waals surface area (Å²) in [6.45, 7) is 5.56. The number of hydrazine groups is 1. The van der Waals surface area contributed by atoms with Gasteiger partial charge < -0.3 is 10.3 Å².